The van der Waals surface area contributed by atoms with Gasteiger partial charge in [-0.2, -0.15) is 0 Å². The molecule has 84 valence electrons. The van der Waals surface area contributed by atoms with Crippen LogP contribution in [-0.4, -0.2) is 22.8 Å². The van der Waals surface area contributed by atoms with Gasteiger partial charge < -0.3 is 5.32 Å². The van der Waals surface area contributed by atoms with Crippen LogP contribution in [0.5, 0.6) is 0 Å². The highest BCUT2D eigenvalue weighted by atomic mass is 16.2. The molecule has 0 saturated carbocycles. The summed E-state index contributed by atoms with van der Waals surface area (Å²) in [6, 6.07) is 3.56. The molecule has 1 unspecified atom stereocenters. The molecule has 2 heterocycles. The monoisotopic (exact) mass is 217 g/mol. The van der Waals surface area contributed by atoms with E-state index in [1.807, 2.05) is 32.9 Å². The van der Waals surface area contributed by atoms with Crippen LogP contribution in [0.15, 0.2) is 23.3 Å². The molecule has 16 heavy (non-hydrogen) atoms. The Hall–Kier alpha value is -1.71. The van der Waals surface area contributed by atoms with Crippen LogP contribution >= 0.6 is 0 Å². The van der Waals surface area contributed by atoms with Crippen molar-refractivity contribution in [3.05, 3.63) is 29.6 Å². The van der Waals surface area contributed by atoms with Crippen LogP contribution in [-0.2, 0) is 4.79 Å². The minimum Gasteiger partial charge on any atom is -0.307 e. The van der Waals surface area contributed by atoms with E-state index in [1.54, 1.807) is 6.20 Å². The summed E-state index contributed by atoms with van der Waals surface area (Å²) >= 11 is 0. The summed E-state index contributed by atoms with van der Waals surface area (Å²) in [7, 11) is 0. The third-order valence-electron chi connectivity index (χ3n) is 2.57. The van der Waals surface area contributed by atoms with E-state index in [9.17, 15) is 4.79 Å². The van der Waals surface area contributed by atoms with Gasteiger partial charge in [0.15, 0.2) is 5.84 Å². The third-order valence-corrected chi connectivity index (χ3v) is 2.57. The SMILES string of the molecule is Cc1ccnc(C2=NC(C(C)C)C(=O)N2)c1. The number of rotatable bonds is 2. The van der Waals surface area contributed by atoms with Crippen molar-refractivity contribution in [3.63, 3.8) is 0 Å². The van der Waals surface area contributed by atoms with Crippen molar-refractivity contribution in [2.75, 3.05) is 0 Å². The fraction of sp³-hybridized carbons (Fsp3) is 0.417. The van der Waals surface area contributed by atoms with Crippen LogP contribution in [0.2, 0.25) is 0 Å². The number of aromatic nitrogens is 1. The van der Waals surface area contributed by atoms with E-state index in [2.05, 4.69) is 15.3 Å². The first kappa shape index (κ1) is 10.8. The van der Waals surface area contributed by atoms with E-state index in [1.165, 1.54) is 0 Å². The third kappa shape index (κ3) is 1.96. The lowest BCUT2D eigenvalue weighted by Crippen LogP contribution is -2.31. The van der Waals surface area contributed by atoms with Crippen LogP contribution in [0.25, 0.3) is 0 Å². The lowest BCUT2D eigenvalue weighted by atomic mass is 10.1. The summed E-state index contributed by atoms with van der Waals surface area (Å²) in [5, 5.41) is 2.78. The van der Waals surface area contributed by atoms with Gasteiger partial charge in [0.05, 0.1) is 0 Å². The highest BCUT2D eigenvalue weighted by Crippen LogP contribution is 2.14. The molecule has 4 heteroatoms. The van der Waals surface area contributed by atoms with E-state index in [0.717, 1.165) is 11.3 Å². The van der Waals surface area contributed by atoms with Gasteiger partial charge in [0, 0.05) is 6.20 Å². The lowest BCUT2D eigenvalue weighted by Gasteiger charge is -2.06. The standard InChI is InChI=1S/C12H15N3O/c1-7(2)10-12(16)15-11(14-10)9-6-8(3)4-5-13-9/h4-7,10H,1-3H3,(H,14,15,16). The Morgan fingerprint density at radius 1 is 1.44 bits per heavy atom. The van der Waals surface area contributed by atoms with Crippen LogP contribution in [0.4, 0.5) is 0 Å². The quantitative estimate of drug-likeness (QED) is 0.811. The molecule has 1 aliphatic heterocycles. The first-order chi connectivity index (χ1) is 7.58. The maximum absolute atomic E-state index is 11.6. The molecule has 0 spiro atoms. The molecule has 0 bridgehead atoms. The Labute approximate surface area is 94.8 Å². The molecule has 1 aliphatic rings. The Morgan fingerprint density at radius 3 is 2.75 bits per heavy atom. The topological polar surface area (TPSA) is 54.4 Å². The van der Waals surface area contributed by atoms with Crippen LogP contribution in [0, 0.1) is 12.8 Å². The minimum atomic E-state index is -0.280. The molecular weight excluding hydrogens is 202 g/mol. The van der Waals surface area contributed by atoms with E-state index < -0.39 is 0 Å². The highest BCUT2D eigenvalue weighted by Gasteiger charge is 2.29. The minimum absolute atomic E-state index is 0.0340. The fourth-order valence-corrected chi connectivity index (χ4v) is 1.67. The van der Waals surface area contributed by atoms with Crippen molar-refractivity contribution < 1.29 is 4.79 Å². The number of amides is 1. The van der Waals surface area contributed by atoms with Gasteiger partial charge in [0.2, 0.25) is 0 Å². The molecule has 0 aromatic carbocycles. The Kier molecular flexibility index (Phi) is 2.73. The van der Waals surface area contributed by atoms with Gasteiger partial charge in [0.25, 0.3) is 5.91 Å². The second-order valence-corrected chi connectivity index (χ2v) is 4.37. The molecule has 1 amide bonds. The van der Waals surface area contributed by atoms with Crippen LogP contribution in [0.1, 0.15) is 25.1 Å². The van der Waals surface area contributed by atoms with Gasteiger partial charge in [0.1, 0.15) is 11.7 Å². The first-order valence-electron chi connectivity index (χ1n) is 5.39. The molecule has 0 fully saturated rings. The Bertz CT molecular complexity index is 451. The summed E-state index contributed by atoms with van der Waals surface area (Å²) in [5.41, 5.74) is 1.84. The molecule has 0 saturated heterocycles. The summed E-state index contributed by atoms with van der Waals surface area (Å²) < 4.78 is 0. The maximum Gasteiger partial charge on any atom is 0.250 e. The second kappa shape index (κ2) is 4.04. The van der Waals surface area contributed by atoms with Crippen molar-refractivity contribution >= 4 is 11.7 Å². The molecule has 1 aromatic rings. The smallest absolute Gasteiger partial charge is 0.250 e. The number of nitrogens with zero attached hydrogens (tertiary/aromatic N) is 2. The van der Waals surface area contributed by atoms with E-state index in [4.69, 9.17) is 0 Å². The van der Waals surface area contributed by atoms with Crippen molar-refractivity contribution in [1.82, 2.24) is 10.3 Å². The van der Waals surface area contributed by atoms with Crippen molar-refractivity contribution in [2.45, 2.75) is 26.8 Å². The highest BCUT2D eigenvalue weighted by molar-refractivity contribution is 6.12. The van der Waals surface area contributed by atoms with E-state index >= 15 is 0 Å². The number of pyridine rings is 1. The van der Waals surface area contributed by atoms with Crippen molar-refractivity contribution in [1.29, 1.82) is 0 Å². The zero-order valence-electron chi connectivity index (χ0n) is 9.69. The van der Waals surface area contributed by atoms with Gasteiger partial charge in [-0.05, 0) is 30.5 Å². The summed E-state index contributed by atoms with van der Waals surface area (Å²) in [6.45, 7) is 5.96. The molecule has 4 nitrogen and oxygen atoms in total. The predicted molar refractivity (Wildman–Crippen MR) is 62.3 cm³/mol. The van der Waals surface area contributed by atoms with E-state index in [-0.39, 0.29) is 17.9 Å². The van der Waals surface area contributed by atoms with Gasteiger partial charge in [-0.15, -0.1) is 0 Å². The number of carbonyl (C=O) groups excluding carboxylic acids is 1. The van der Waals surface area contributed by atoms with Crippen molar-refractivity contribution in [2.24, 2.45) is 10.9 Å². The van der Waals surface area contributed by atoms with Gasteiger partial charge in [-0.25, -0.2) is 0 Å². The molecule has 1 atom stereocenters. The average Bonchev–Trinajstić information content (AvgIpc) is 2.60. The van der Waals surface area contributed by atoms with Crippen molar-refractivity contribution in [3.8, 4) is 0 Å². The zero-order valence-corrected chi connectivity index (χ0v) is 9.69. The maximum atomic E-state index is 11.6. The normalized spacial score (nSPS) is 19.9. The molecule has 1 N–H and O–H groups in total. The number of hydrogen-bond acceptors (Lipinski definition) is 3. The van der Waals surface area contributed by atoms with Crippen LogP contribution in [0.3, 0.4) is 0 Å². The average molecular weight is 217 g/mol. The number of hydrogen-bond donors (Lipinski definition) is 1. The first-order valence-corrected chi connectivity index (χ1v) is 5.39. The van der Waals surface area contributed by atoms with E-state index in [0.29, 0.717) is 5.84 Å². The predicted octanol–water partition coefficient (Wildman–Crippen LogP) is 1.29. The van der Waals surface area contributed by atoms with Gasteiger partial charge in [-0.1, -0.05) is 13.8 Å². The lowest BCUT2D eigenvalue weighted by molar-refractivity contribution is -0.120. The Morgan fingerprint density at radius 2 is 2.19 bits per heavy atom. The zero-order chi connectivity index (χ0) is 11.7. The number of aryl methyl sites for hydroxylation is 1. The molecule has 0 aliphatic carbocycles. The summed E-state index contributed by atoms with van der Waals surface area (Å²) in [5.74, 6) is 0.767. The largest absolute Gasteiger partial charge is 0.307 e. The van der Waals surface area contributed by atoms with Gasteiger partial charge >= 0.3 is 0 Å². The molecule has 1 aromatic heterocycles. The Balaban J connectivity index is 2.30. The number of nitrogens with one attached hydrogen (secondary N) is 1. The van der Waals surface area contributed by atoms with Crippen LogP contribution < -0.4 is 5.32 Å². The fourth-order valence-electron chi connectivity index (χ4n) is 1.67. The number of amidine groups is 1. The molecule has 0 radical (unpaired) electrons. The summed E-state index contributed by atoms with van der Waals surface area (Å²) in [6.07, 6.45) is 1.72. The molecular formula is C12H15N3O. The van der Waals surface area contributed by atoms with Gasteiger partial charge in [-0.3, -0.25) is 14.8 Å². The number of carbonyl (C=O) groups is 1. The summed E-state index contributed by atoms with van der Waals surface area (Å²) in [4.78, 5) is 20.2. The second-order valence-electron chi connectivity index (χ2n) is 4.37. The number of aliphatic imine (C=N–C) groups is 1. The molecule has 2 rings (SSSR count).